The van der Waals surface area contributed by atoms with Crippen molar-refractivity contribution in [3.63, 3.8) is 0 Å². The Morgan fingerprint density at radius 1 is 1.09 bits per heavy atom. The lowest BCUT2D eigenvalue weighted by Crippen LogP contribution is -2.73. The van der Waals surface area contributed by atoms with Gasteiger partial charge in [-0.3, -0.25) is 0 Å². The summed E-state index contributed by atoms with van der Waals surface area (Å²) < 4.78 is 0. The van der Waals surface area contributed by atoms with E-state index in [-0.39, 0.29) is 11.1 Å². The first-order valence-corrected chi connectivity index (χ1v) is 14.1. The lowest BCUT2D eigenvalue weighted by Gasteiger charge is -2.64. The van der Waals surface area contributed by atoms with Crippen LogP contribution in [0.25, 0.3) is 0 Å². The molecule has 6 aliphatic rings. The molecule has 2 heterocycles. The van der Waals surface area contributed by atoms with E-state index in [4.69, 9.17) is 0 Å². The highest BCUT2D eigenvalue weighted by atomic mass is 16.3. The van der Waals surface area contributed by atoms with Crippen molar-refractivity contribution in [3.8, 4) is 0 Å². The summed E-state index contributed by atoms with van der Waals surface area (Å²) in [5.41, 5.74) is 7.63. The van der Waals surface area contributed by atoms with Crippen LogP contribution in [0.15, 0.2) is 34.9 Å². The summed E-state index contributed by atoms with van der Waals surface area (Å²) in [6.45, 7) is 14.5. The molecule has 2 N–H and O–H groups in total. The molecule has 182 valence electrons. The van der Waals surface area contributed by atoms with E-state index in [1.165, 1.54) is 76.2 Å². The number of allylic oxidation sites excluding steroid dienone is 4. The highest BCUT2D eigenvalue weighted by molar-refractivity contribution is 5.45. The molecule has 5 fully saturated rings. The van der Waals surface area contributed by atoms with Crippen molar-refractivity contribution >= 4 is 0 Å². The van der Waals surface area contributed by atoms with Crippen LogP contribution in [0.1, 0.15) is 105 Å². The Balaban J connectivity index is 1.36. The molecule has 2 saturated heterocycles. The molecule has 0 aromatic heterocycles. The lowest BCUT2D eigenvalue weighted by atomic mass is 9.50. The highest BCUT2D eigenvalue weighted by Crippen LogP contribution is 2.72. The standard InChI is InChI=1S/C31H47NO/c1-20(2)22-8-11-28(4)19-26(16-21(3)27(28)17-22)30-12-9-24-18-25-7-6-23(10-15-33)31(25,14-13-30)29(24,5)32-30/h16,22-25,32-33H,1,6-15,17-19H2,2-5H3. The van der Waals surface area contributed by atoms with Gasteiger partial charge in [0.2, 0.25) is 0 Å². The average molecular weight is 450 g/mol. The van der Waals surface area contributed by atoms with Gasteiger partial charge in [-0.2, -0.15) is 0 Å². The van der Waals surface area contributed by atoms with Crippen LogP contribution in [0.2, 0.25) is 0 Å². The minimum Gasteiger partial charge on any atom is -0.396 e. The van der Waals surface area contributed by atoms with Crippen molar-refractivity contribution in [3.05, 3.63) is 34.9 Å². The van der Waals surface area contributed by atoms with Gasteiger partial charge >= 0.3 is 0 Å². The Morgan fingerprint density at radius 2 is 1.91 bits per heavy atom. The van der Waals surface area contributed by atoms with Crippen LogP contribution in [0.3, 0.4) is 0 Å². The van der Waals surface area contributed by atoms with E-state index < -0.39 is 0 Å². The molecule has 33 heavy (non-hydrogen) atoms. The van der Waals surface area contributed by atoms with Crippen molar-refractivity contribution in [2.45, 2.75) is 116 Å². The number of aliphatic hydroxyl groups is 1. The third-order valence-electron chi connectivity index (χ3n) is 12.5. The first-order chi connectivity index (χ1) is 15.7. The second-order valence-corrected chi connectivity index (χ2v) is 13.8. The summed E-state index contributed by atoms with van der Waals surface area (Å²) in [5, 5.41) is 14.4. The molecular weight excluding hydrogens is 402 g/mol. The summed E-state index contributed by atoms with van der Waals surface area (Å²) in [5.74, 6) is 3.11. The molecule has 8 atom stereocenters. The number of piperidine rings is 2. The predicted octanol–water partition coefficient (Wildman–Crippen LogP) is 7.11. The molecule has 2 bridgehead atoms. The van der Waals surface area contributed by atoms with Gasteiger partial charge < -0.3 is 10.4 Å². The minimum atomic E-state index is 0.207. The summed E-state index contributed by atoms with van der Waals surface area (Å²) in [4.78, 5) is 0. The molecule has 2 aliphatic heterocycles. The Morgan fingerprint density at radius 3 is 2.67 bits per heavy atom. The van der Waals surface area contributed by atoms with Gasteiger partial charge in [0.1, 0.15) is 0 Å². The molecule has 2 nitrogen and oxygen atoms in total. The first kappa shape index (κ1) is 22.6. The topological polar surface area (TPSA) is 32.3 Å². The Bertz CT molecular complexity index is 927. The molecule has 6 rings (SSSR count). The molecule has 2 heteroatoms. The average Bonchev–Trinajstić information content (AvgIpc) is 3.26. The maximum Gasteiger partial charge on any atom is 0.0433 e. The van der Waals surface area contributed by atoms with Crippen LogP contribution < -0.4 is 5.32 Å². The van der Waals surface area contributed by atoms with Crippen molar-refractivity contribution in [1.29, 1.82) is 0 Å². The zero-order chi connectivity index (χ0) is 23.2. The number of hydrogen-bond donors (Lipinski definition) is 2. The van der Waals surface area contributed by atoms with Crippen molar-refractivity contribution in [2.24, 2.45) is 34.5 Å². The van der Waals surface area contributed by atoms with Gasteiger partial charge in [-0.25, -0.2) is 0 Å². The fraction of sp³-hybridized carbons (Fsp3) is 0.806. The third-order valence-corrected chi connectivity index (χ3v) is 12.5. The molecular formula is C31H47NO. The summed E-state index contributed by atoms with van der Waals surface area (Å²) in [7, 11) is 0. The zero-order valence-corrected chi connectivity index (χ0v) is 21.7. The molecule has 3 saturated carbocycles. The second kappa shape index (κ2) is 7.33. The van der Waals surface area contributed by atoms with Gasteiger partial charge in [0, 0.05) is 17.7 Å². The fourth-order valence-electron chi connectivity index (χ4n) is 10.8. The normalized spacial score (nSPS) is 50.6. The fourth-order valence-corrected chi connectivity index (χ4v) is 10.8. The molecule has 0 aromatic rings. The van der Waals surface area contributed by atoms with Gasteiger partial charge in [-0.15, -0.1) is 0 Å². The zero-order valence-electron chi connectivity index (χ0n) is 21.7. The van der Waals surface area contributed by atoms with Gasteiger partial charge in [-0.05, 0) is 138 Å². The highest BCUT2D eigenvalue weighted by Gasteiger charge is 2.72. The van der Waals surface area contributed by atoms with Crippen molar-refractivity contribution in [2.75, 3.05) is 6.61 Å². The van der Waals surface area contributed by atoms with Crippen molar-refractivity contribution in [1.82, 2.24) is 5.32 Å². The second-order valence-electron chi connectivity index (χ2n) is 13.8. The van der Waals surface area contributed by atoms with Gasteiger partial charge in [0.05, 0.1) is 0 Å². The molecule has 0 radical (unpaired) electrons. The molecule has 8 unspecified atom stereocenters. The number of aliphatic hydroxyl groups excluding tert-OH is 1. The predicted molar refractivity (Wildman–Crippen MR) is 137 cm³/mol. The van der Waals surface area contributed by atoms with E-state index in [0.29, 0.717) is 23.4 Å². The van der Waals surface area contributed by atoms with Crippen LogP contribution in [0.5, 0.6) is 0 Å². The Hall–Kier alpha value is -0.860. The van der Waals surface area contributed by atoms with Crippen LogP contribution in [-0.4, -0.2) is 22.8 Å². The maximum absolute atomic E-state index is 9.88. The largest absolute Gasteiger partial charge is 0.396 e. The molecule has 0 amide bonds. The summed E-state index contributed by atoms with van der Waals surface area (Å²) in [6.07, 6.45) is 18.4. The van der Waals surface area contributed by atoms with Crippen molar-refractivity contribution < 1.29 is 5.11 Å². The van der Waals surface area contributed by atoms with Gasteiger partial charge in [0.25, 0.3) is 0 Å². The van der Waals surface area contributed by atoms with Crippen LogP contribution in [-0.2, 0) is 0 Å². The Kier molecular flexibility index (Phi) is 5.02. The SMILES string of the molecule is C=C(C)C1CCC2(C)CC(C34CCC5CC6CCC(CCO)C6(CC3)C5(C)N4)=CC(C)=C2C1. The summed E-state index contributed by atoms with van der Waals surface area (Å²) >= 11 is 0. The van der Waals surface area contributed by atoms with E-state index >= 15 is 0 Å². The smallest absolute Gasteiger partial charge is 0.0433 e. The number of hydrogen-bond acceptors (Lipinski definition) is 2. The number of nitrogens with one attached hydrogen (secondary N) is 1. The number of fused-ring (bicyclic) bond motifs is 2. The first-order valence-electron chi connectivity index (χ1n) is 14.1. The molecule has 4 aliphatic carbocycles. The van der Waals surface area contributed by atoms with E-state index in [1.54, 1.807) is 16.7 Å². The Labute approximate surface area is 202 Å². The van der Waals surface area contributed by atoms with E-state index in [2.05, 4.69) is 45.7 Å². The van der Waals surface area contributed by atoms with Crippen LogP contribution >= 0.6 is 0 Å². The van der Waals surface area contributed by atoms with Crippen LogP contribution in [0.4, 0.5) is 0 Å². The van der Waals surface area contributed by atoms with Gasteiger partial charge in [-0.1, -0.05) is 36.3 Å². The van der Waals surface area contributed by atoms with E-state index in [0.717, 1.165) is 24.2 Å². The number of rotatable bonds is 4. The van der Waals surface area contributed by atoms with E-state index in [9.17, 15) is 5.11 Å². The third kappa shape index (κ3) is 2.86. The van der Waals surface area contributed by atoms with Crippen LogP contribution in [0, 0.1) is 34.5 Å². The monoisotopic (exact) mass is 449 g/mol. The minimum absolute atomic E-state index is 0.207. The van der Waals surface area contributed by atoms with Gasteiger partial charge in [0.15, 0.2) is 0 Å². The summed E-state index contributed by atoms with van der Waals surface area (Å²) in [6, 6.07) is 0. The molecule has 0 aromatic carbocycles. The van der Waals surface area contributed by atoms with E-state index in [1.807, 2.05) is 0 Å². The quantitative estimate of drug-likeness (QED) is 0.448. The molecule has 1 spiro atoms. The lowest BCUT2D eigenvalue weighted by molar-refractivity contribution is -0.0680. The maximum atomic E-state index is 9.88.